The third kappa shape index (κ3) is 2.87. The van der Waals surface area contributed by atoms with Crippen LogP contribution in [0.4, 0.5) is 0 Å². The highest BCUT2D eigenvalue weighted by Crippen LogP contribution is 2.43. The first-order valence-electron chi connectivity index (χ1n) is 7.95. The van der Waals surface area contributed by atoms with Crippen molar-refractivity contribution in [2.24, 2.45) is 11.8 Å². The number of Topliss-reactive ketones (excluding diaryl/α,β-unsaturated/α-hetero) is 1. The van der Waals surface area contributed by atoms with Crippen LogP contribution in [0, 0.1) is 11.8 Å². The predicted molar refractivity (Wildman–Crippen MR) is 73.0 cm³/mol. The number of methoxy groups -OCH3 is 1. The maximum atomic E-state index is 12.7. The topological polar surface area (TPSA) is 35.5 Å². The Kier molecular flexibility index (Phi) is 3.95. The molecule has 1 saturated heterocycles. The second-order valence-electron chi connectivity index (χ2n) is 6.68. The summed E-state index contributed by atoms with van der Waals surface area (Å²) < 4.78 is 11.6. The lowest BCUT2D eigenvalue weighted by Gasteiger charge is -2.43. The van der Waals surface area contributed by atoms with Crippen molar-refractivity contribution in [3.63, 3.8) is 0 Å². The van der Waals surface area contributed by atoms with Gasteiger partial charge in [0.15, 0.2) is 5.78 Å². The van der Waals surface area contributed by atoms with Gasteiger partial charge in [-0.25, -0.2) is 0 Å². The fourth-order valence-electron chi connectivity index (χ4n) is 3.99. The van der Waals surface area contributed by atoms with Gasteiger partial charge in [-0.05, 0) is 44.4 Å². The van der Waals surface area contributed by atoms with Gasteiger partial charge in [0.25, 0.3) is 0 Å². The van der Waals surface area contributed by atoms with Gasteiger partial charge in [0, 0.05) is 19.6 Å². The molecular weight excluding hydrogens is 240 g/mol. The van der Waals surface area contributed by atoms with Crippen LogP contribution in [-0.4, -0.2) is 31.2 Å². The fourth-order valence-corrected chi connectivity index (χ4v) is 3.99. The minimum atomic E-state index is -0.135. The van der Waals surface area contributed by atoms with Gasteiger partial charge in [0.2, 0.25) is 0 Å². The first-order valence-corrected chi connectivity index (χ1v) is 7.95. The number of rotatable bonds is 4. The summed E-state index contributed by atoms with van der Waals surface area (Å²) in [7, 11) is 1.69. The summed E-state index contributed by atoms with van der Waals surface area (Å²) >= 11 is 0. The van der Waals surface area contributed by atoms with E-state index in [0.717, 1.165) is 32.3 Å². The number of carbonyl (C=O) groups is 1. The van der Waals surface area contributed by atoms with Crippen LogP contribution in [0.2, 0.25) is 0 Å². The average Bonchev–Trinajstić information content (AvgIpc) is 3.25. The summed E-state index contributed by atoms with van der Waals surface area (Å²) in [5.41, 5.74) is 0.0265. The number of hydrogen-bond donors (Lipinski definition) is 0. The van der Waals surface area contributed by atoms with E-state index in [2.05, 4.69) is 0 Å². The van der Waals surface area contributed by atoms with Crippen molar-refractivity contribution in [3.05, 3.63) is 0 Å². The normalized spacial score (nSPS) is 32.2. The standard InChI is InChI=1S/C16H26O3/c1-18-15(12-5-6-12)14(17)13-7-10-19-16(11-13)8-3-2-4-9-16/h12-13,15H,2-11H2,1H3. The number of ketones is 1. The van der Waals surface area contributed by atoms with Gasteiger partial charge < -0.3 is 9.47 Å². The van der Waals surface area contributed by atoms with Crippen molar-refractivity contribution in [1.29, 1.82) is 0 Å². The van der Waals surface area contributed by atoms with Crippen LogP contribution in [0.5, 0.6) is 0 Å². The van der Waals surface area contributed by atoms with Gasteiger partial charge >= 0.3 is 0 Å². The molecule has 3 nitrogen and oxygen atoms in total. The minimum Gasteiger partial charge on any atom is -0.375 e. The SMILES string of the molecule is COC(C(=O)C1CCOC2(CCCCC2)C1)C1CC1. The van der Waals surface area contributed by atoms with Crippen molar-refractivity contribution >= 4 is 5.78 Å². The summed E-state index contributed by atoms with van der Waals surface area (Å²) in [6, 6.07) is 0. The Labute approximate surface area is 116 Å². The van der Waals surface area contributed by atoms with E-state index < -0.39 is 0 Å². The Bertz CT molecular complexity index is 323. The van der Waals surface area contributed by atoms with Gasteiger partial charge in [-0.15, -0.1) is 0 Å². The summed E-state index contributed by atoms with van der Waals surface area (Å²) in [5, 5.41) is 0. The molecule has 2 unspecified atom stereocenters. The van der Waals surface area contributed by atoms with E-state index in [9.17, 15) is 4.79 Å². The third-order valence-corrected chi connectivity index (χ3v) is 5.24. The zero-order chi connectivity index (χ0) is 13.3. The van der Waals surface area contributed by atoms with Crippen LogP contribution in [0.3, 0.4) is 0 Å². The van der Waals surface area contributed by atoms with Gasteiger partial charge in [0.1, 0.15) is 6.10 Å². The van der Waals surface area contributed by atoms with E-state index in [0.29, 0.717) is 11.7 Å². The lowest BCUT2D eigenvalue weighted by atomic mass is 9.74. The Morgan fingerprint density at radius 3 is 2.58 bits per heavy atom. The highest BCUT2D eigenvalue weighted by Gasteiger charge is 2.45. The van der Waals surface area contributed by atoms with Crippen LogP contribution in [0.1, 0.15) is 57.8 Å². The van der Waals surface area contributed by atoms with Gasteiger partial charge in [0.05, 0.1) is 5.60 Å². The average molecular weight is 266 g/mol. The Morgan fingerprint density at radius 2 is 1.95 bits per heavy atom. The second-order valence-corrected chi connectivity index (χ2v) is 6.68. The maximum Gasteiger partial charge on any atom is 0.165 e. The Balaban J connectivity index is 1.65. The predicted octanol–water partition coefficient (Wildman–Crippen LogP) is 3.11. The molecule has 2 aliphatic carbocycles. The molecule has 3 heteroatoms. The number of ether oxygens (including phenoxy) is 2. The first kappa shape index (κ1) is 13.6. The molecule has 3 aliphatic rings. The highest BCUT2D eigenvalue weighted by atomic mass is 16.5. The molecule has 3 fully saturated rings. The molecule has 3 rings (SSSR count). The molecule has 108 valence electrons. The van der Waals surface area contributed by atoms with Crippen molar-refractivity contribution in [2.45, 2.75) is 69.5 Å². The molecule has 0 N–H and O–H groups in total. The van der Waals surface area contributed by atoms with Crippen molar-refractivity contribution < 1.29 is 14.3 Å². The summed E-state index contributed by atoms with van der Waals surface area (Å²) in [6.07, 6.45) is 10.2. The zero-order valence-corrected chi connectivity index (χ0v) is 12.0. The van der Waals surface area contributed by atoms with Gasteiger partial charge in [-0.1, -0.05) is 19.3 Å². The molecule has 19 heavy (non-hydrogen) atoms. The molecule has 2 atom stereocenters. The molecule has 0 aromatic rings. The van der Waals surface area contributed by atoms with Gasteiger partial charge in [-0.2, -0.15) is 0 Å². The van der Waals surface area contributed by atoms with E-state index in [1.807, 2.05) is 0 Å². The van der Waals surface area contributed by atoms with E-state index in [1.165, 1.54) is 32.1 Å². The summed E-state index contributed by atoms with van der Waals surface area (Å²) in [5.74, 6) is 1.04. The second kappa shape index (κ2) is 5.53. The number of hydrogen-bond acceptors (Lipinski definition) is 3. The van der Waals surface area contributed by atoms with Crippen LogP contribution in [-0.2, 0) is 14.3 Å². The largest absolute Gasteiger partial charge is 0.375 e. The fraction of sp³-hybridized carbons (Fsp3) is 0.938. The third-order valence-electron chi connectivity index (χ3n) is 5.24. The monoisotopic (exact) mass is 266 g/mol. The van der Waals surface area contributed by atoms with Gasteiger partial charge in [-0.3, -0.25) is 4.79 Å². The molecule has 0 aromatic carbocycles. The first-order chi connectivity index (χ1) is 9.24. The van der Waals surface area contributed by atoms with Crippen molar-refractivity contribution in [1.82, 2.24) is 0 Å². The summed E-state index contributed by atoms with van der Waals surface area (Å²) in [6.45, 7) is 0.761. The van der Waals surface area contributed by atoms with Crippen molar-refractivity contribution in [2.75, 3.05) is 13.7 Å². The Morgan fingerprint density at radius 1 is 1.21 bits per heavy atom. The van der Waals surface area contributed by atoms with E-state index in [1.54, 1.807) is 7.11 Å². The molecule has 1 aliphatic heterocycles. The lowest BCUT2D eigenvalue weighted by Crippen LogP contribution is -2.45. The molecular formula is C16H26O3. The van der Waals surface area contributed by atoms with E-state index in [4.69, 9.17) is 9.47 Å². The zero-order valence-electron chi connectivity index (χ0n) is 12.0. The quantitative estimate of drug-likeness (QED) is 0.784. The highest BCUT2D eigenvalue weighted by molar-refractivity contribution is 5.86. The number of carbonyl (C=O) groups excluding carboxylic acids is 1. The molecule has 1 spiro atoms. The minimum absolute atomic E-state index is 0.0265. The smallest absolute Gasteiger partial charge is 0.165 e. The molecule has 2 saturated carbocycles. The molecule has 0 amide bonds. The van der Waals surface area contributed by atoms with Crippen LogP contribution in [0.15, 0.2) is 0 Å². The van der Waals surface area contributed by atoms with Crippen LogP contribution >= 0.6 is 0 Å². The Hall–Kier alpha value is -0.410. The van der Waals surface area contributed by atoms with E-state index in [-0.39, 0.29) is 17.6 Å². The molecule has 1 heterocycles. The van der Waals surface area contributed by atoms with Crippen LogP contribution < -0.4 is 0 Å². The maximum absolute atomic E-state index is 12.7. The molecule has 0 radical (unpaired) electrons. The van der Waals surface area contributed by atoms with E-state index >= 15 is 0 Å². The van der Waals surface area contributed by atoms with Crippen LogP contribution in [0.25, 0.3) is 0 Å². The molecule has 0 aromatic heterocycles. The lowest BCUT2D eigenvalue weighted by molar-refractivity contribution is -0.151. The van der Waals surface area contributed by atoms with Crippen molar-refractivity contribution in [3.8, 4) is 0 Å². The molecule has 0 bridgehead atoms. The summed E-state index contributed by atoms with van der Waals surface area (Å²) in [4.78, 5) is 12.7.